The summed E-state index contributed by atoms with van der Waals surface area (Å²) < 4.78 is 5.20. The molecule has 6 heteroatoms. The fraction of sp³-hybridized carbons (Fsp3) is 0.417. The maximum absolute atomic E-state index is 11.6. The van der Waals surface area contributed by atoms with Crippen molar-refractivity contribution in [2.75, 3.05) is 6.61 Å². The van der Waals surface area contributed by atoms with Crippen molar-refractivity contribution in [3.05, 3.63) is 24.5 Å². The summed E-state index contributed by atoms with van der Waals surface area (Å²) in [5.41, 5.74) is -0.804. The number of carboxylic acid groups (broad SMARTS) is 1. The van der Waals surface area contributed by atoms with Crippen LogP contribution >= 0.6 is 0 Å². The number of carbonyl (C=O) groups is 2. The number of nitrogens with one attached hydrogen (secondary N) is 1. The molecule has 0 aliphatic carbocycles. The Bertz CT molecular complexity index is 417. The van der Waals surface area contributed by atoms with Gasteiger partial charge in [0.2, 0.25) is 0 Å². The summed E-state index contributed by atoms with van der Waals surface area (Å²) in [5, 5.41) is 11.3. The van der Waals surface area contributed by atoms with Crippen LogP contribution in [0.15, 0.2) is 24.5 Å². The molecule has 0 fully saturated rings. The number of aliphatic carboxylic acids is 1. The van der Waals surface area contributed by atoms with Crippen LogP contribution in [-0.2, 0) is 9.59 Å². The zero-order chi connectivity index (χ0) is 13.6. The van der Waals surface area contributed by atoms with Crippen molar-refractivity contribution in [1.29, 1.82) is 0 Å². The van der Waals surface area contributed by atoms with E-state index in [1.165, 1.54) is 6.20 Å². The van der Waals surface area contributed by atoms with E-state index in [1.807, 2.05) is 0 Å². The van der Waals surface area contributed by atoms with Crippen LogP contribution in [0.2, 0.25) is 0 Å². The highest BCUT2D eigenvalue weighted by Crippen LogP contribution is 2.09. The second-order valence-corrected chi connectivity index (χ2v) is 4.48. The van der Waals surface area contributed by atoms with E-state index in [0.29, 0.717) is 5.75 Å². The van der Waals surface area contributed by atoms with Crippen LogP contribution in [0.3, 0.4) is 0 Å². The van der Waals surface area contributed by atoms with Crippen LogP contribution in [0.5, 0.6) is 5.75 Å². The Morgan fingerprint density at radius 2 is 2.22 bits per heavy atom. The first kappa shape index (κ1) is 14.0. The van der Waals surface area contributed by atoms with Crippen LogP contribution in [-0.4, -0.2) is 34.1 Å². The first-order chi connectivity index (χ1) is 8.39. The van der Waals surface area contributed by atoms with Crippen molar-refractivity contribution in [1.82, 2.24) is 10.3 Å². The van der Waals surface area contributed by atoms with Crippen LogP contribution in [0.25, 0.3) is 0 Å². The molecule has 6 nitrogen and oxygen atoms in total. The third-order valence-electron chi connectivity index (χ3n) is 2.08. The molecule has 18 heavy (non-hydrogen) atoms. The molecule has 0 spiro atoms. The van der Waals surface area contributed by atoms with E-state index in [4.69, 9.17) is 9.84 Å². The van der Waals surface area contributed by atoms with Gasteiger partial charge in [-0.25, -0.2) is 0 Å². The Labute approximate surface area is 105 Å². The molecule has 0 saturated heterocycles. The number of carbonyl (C=O) groups excluding carboxylic acids is 1. The number of amides is 1. The second-order valence-electron chi connectivity index (χ2n) is 4.48. The summed E-state index contributed by atoms with van der Waals surface area (Å²) in [6, 6.07) is 3.38. The number of aromatic nitrogens is 1. The number of pyridine rings is 1. The average Bonchev–Trinajstić information content (AvgIpc) is 2.25. The van der Waals surface area contributed by atoms with Gasteiger partial charge in [-0.15, -0.1) is 0 Å². The molecule has 0 aromatic carbocycles. The number of carboxylic acids is 1. The molecule has 0 saturated carbocycles. The Balaban J connectivity index is 2.40. The van der Waals surface area contributed by atoms with Gasteiger partial charge < -0.3 is 15.2 Å². The van der Waals surface area contributed by atoms with E-state index in [-0.39, 0.29) is 18.9 Å². The predicted molar refractivity (Wildman–Crippen MR) is 64.2 cm³/mol. The van der Waals surface area contributed by atoms with E-state index in [0.717, 1.165) is 0 Å². The fourth-order valence-electron chi connectivity index (χ4n) is 1.42. The summed E-state index contributed by atoms with van der Waals surface area (Å²) in [6.45, 7) is 3.11. The zero-order valence-electron chi connectivity index (χ0n) is 10.3. The van der Waals surface area contributed by atoms with Crippen LogP contribution in [0, 0.1) is 0 Å². The van der Waals surface area contributed by atoms with Crippen molar-refractivity contribution < 1.29 is 19.4 Å². The average molecular weight is 252 g/mol. The molecule has 0 radical (unpaired) electrons. The van der Waals surface area contributed by atoms with E-state index in [1.54, 1.807) is 32.2 Å². The van der Waals surface area contributed by atoms with E-state index in [2.05, 4.69) is 10.3 Å². The largest absolute Gasteiger partial charge is 0.482 e. The van der Waals surface area contributed by atoms with E-state index in [9.17, 15) is 9.59 Å². The summed E-state index contributed by atoms with van der Waals surface area (Å²) in [5.74, 6) is -0.845. The lowest BCUT2D eigenvalue weighted by Gasteiger charge is -2.24. The maximum Gasteiger partial charge on any atom is 0.305 e. The molecule has 1 amide bonds. The molecule has 1 rings (SSSR count). The molecule has 1 aromatic heterocycles. The second kappa shape index (κ2) is 6.00. The van der Waals surface area contributed by atoms with Gasteiger partial charge in [-0.05, 0) is 26.0 Å². The third-order valence-corrected chi connectivity index (χ3v) is 2.08. The van der Waals surface area contributed by atoms with Gasteiger partial charge >= 0.3 is 5.97 Å². The highest BCUT2D eigenvalue weighted by molar-refractivity contribution is 5.79. The lowest BCUT2D eigenvalue weighted by Crippen LogP contribution is -2.46. The van der Waals surface area contributed by atoms with Crippen LogP contribution in [0.1, 0.15) is 20.3 Å². The molecule has 1 heterocycles. The molecule has 2 N–H and O–H groups in total. The van der Waals surface area contributed by atoms with Crippen LogP contribution in [0.4, 0.5) is 0 Å². The van der Waals surface area contributed by atoms with E-state index < -0.39 is 11.5 Å². The Kier molecular flexibility index (Phi) is 4.65. The smallest absolute Gasteiger partial charge is 0.305 e. The molecular formula is C12H16N2O4. The minimum Gasteiger partial charge on any atom is -0.482 e. The SMILES string of the molecule is CC(C)(CC(=O)O)NC(=O)COc1cccnc1. The van der Waals surface area contributed by atoms with Gasteiger partial charge in [0.25, 0.3) is 5.91 Å². The fourth-order valence-corrected chi connectivity index (χ4v) is 1.42. The maximum atomic E-state index is 11.6. The summed E-state index contributed by atoms with van der Waals surface area (Å²) in [6.07, 6.45) is 2.95. The Morgan fingerprint density at radius 3 is 2.78 bits per heavy atom. The quantitative estimate of drug-likeness (QED) is 0.782. The first-order valence-corrected chi connectivity index (χ1v) is 5.45. The highest BCUT2D eigenvalue weighted by atomic mass is 16.5. The predicted octanol–water partition coefficient (Wildman–Crippen LogP) is 0.830. The van der Waals surface area contributed by atoms with Crippen molar-refractivity contribution >= 4 is 11.9 Å². The normalized spacial score (nSPS) is 10.8. The Morgan fingerprint density at radius 1 is 1.50 bits per heavy atom. The highest BCUT2D eigenvalue weighted by Gasteiger charge is 2.23. The number of nitrogens with zero attached hydrogens (tertiary/aromatic N) is 1. The van der Waals surface area contributed by atoms with Crippen molar-refractivity contribution in [3.63, 3.8) is 0 Å². The molecule has 0 atom stereocenters. The van der Waals surface area contributed by atoms with Gasteiger partial charge in [-0.1, -0.05) is 0 Å². The lowest BCUT2D eigenvalue weighted by atomic mass is 10.0. The monoisotopic (exact) mass is 252 g/mol. The first-order valence-electron chi connectivity index (χ1n) is 5.45. The lowest BCUT2D eigenvalue weighted by molar-refractivity contribution is -0.138. The van der Waals surface area contributed by atoms with Gasteiger partial charge in [0.05, 0.1) is 12.6 Å². The van der Waals surface area contributed by atoms with Gasteiger partial charge in [-0.3, -0.25) is 14.6 Å². The molecule has 98 valence electrons. The molecule has 0 aliphatic heterocycles. The molecule has 0 bridgehead atoms. The van der Waals surface area contributed by atoms with Gasteiger partial charge in [0.1, 0.15) is 5.75 Å². The number of ether oxygens (including phenoxy) is 1. The van der Waals surface area contributed by atoms with Gasteiger partial charge in [0.15, 0.2) is 6.61 Å². The summed E-state index contributed by atoms with van der Waals surface area (Å²) in [7, 11) is 0. The minimum absolute atomic E-state index is 0.147. The van der Waals surface area contributed by atoms with Crippen molar-refractivity contribution in [2.45, 2.75) is 25.8 Å². The molecule has 0 unspecified atom stereocenters. The zero-order valence-corrected chi connectivity index (χ0v) is 10.3. The van der Waals surface area contributed by atoms with Crippen molar-refractivity contribution in [3.8, 4) is 5.75 Å². The van der Waals surface area contributed by atoms with E-state index >= 15 is 0 Å². The van der Waals surface area contributed by atoms with Crippen LogP contribution < -0.4 is 10.1 Å². The number of hydrogen-bond donors (Lipinski definition) is 2. The minimum atomic E-state index is -0.964. The Hall–Kier alpha value is -2.11. The van der Waals surface area contributed by atoms with Crippen molar-refractivity contribution in [2.24, 2.45) is 0 Å². The number of hydrogen-bond acceptors (Lipinski definition) is 4. The standard InChI is InChI=1S/C12H16N2O4/c1-12(2,6-11(16)17)14-10(15)8-18-9-4-3-5-13-7-9/h3-5,7H,6,8H2,1-2H3,(H,14,15)(H,16,17). The molecule has 1 aromatic rings. The molecular weight excluding hydrogens is 236 g/mol. The molecule has 0 aliphatic rings. The van der Waals surface area contributed by atoms with Gasteiger partial charge in [0, 0.05) is 11.7 Å². The number of rotatable bonds is 6. The topological polar surface area (TPSA) is 88.5 Å². The summed E-state index contributed by atoms with van der Waals surface area (Å²) >= 11 is 0. The summed E-state index contributed by atoms with van der Waals surface area (Å²) in [4.78, 5) is 26.0. The third kappa shape index (κ3) is 5.29. The van der Waals surface area contributed by atoms with Gasteiger partial charge in [-0.2, -0.15) is 0 Å².